The molecule has 2 fully saturated rings. The van der Waals surface area contributed by atoms with Crippen molar-refractivity contribution in [3.05, 3.63) is 35.5 Å². The minimum absolute atomic E-state index is 0.231. The van der Waals surface area contributed by atoms with Gasteiger partial charge in [-0.3, -0.25) is 4.79 Å². The summed E-state index contributed by atoms with van der Waals surface area (Å²) in [5.74, 6) is -0.00507. The van der Waals surface area contributed by atoms with Crippen molar-refractivity contribution in [2.75, 3.05) is 63.9 Å². The molecule has 2 aliphatic rings. The van der Waals surface area contributed by atoms with E-state index < -0.39 is 0 Å². The fourth-order valence-corrected chi connectivity index (χ4v) is 4.38. The monoisotopic (exact) mass is 391 g/mol. The van der Waals surface area contributed by atoms with Gasteiger partial charge in [-0.1, -0.05) is 0 Å². The van der Waals surface area contributed by atoms with Gasteiger partial charge in [-0.15, -0.1) is 11.3 Å². The highest BCUT2D eigenvalue weighted by Crippen LogP contribution is 2.27. The van der Waals surface area contributed by atoms with Gasteiger partial charge in [0.15, 0.2) is 11.7 Å². The molecule has 2 saturated heterocycles. The zero-order chi connectivity index (χ0) is 18.6. The van der Waals surface area contributed by atoms with Gasteiger partial charge in [0.1, 0.15) is 5.82 Å². The lowest BCUT2D eigenvalue weighted by atomic mass is 10.2. The number of piperazine rings is 1. The summed E-state index contributed by atoms with van der Waals surface area (Å²) in [5.41, 5.74) is 1.81. The Morgan fingerprint density at radius 1 is 1.15 bits per heavy atom. The van der Waals surface area contributed by atoms with Gasteiger partial charge < -0.3 is 19.4 Å². The van der Waals surface area contributed by atoms with Gasteiger partial charge in [0.2, 0.25) is 0 Å². The zero-order valence-corrected chi connectivity index (χ0v) is 16.0. The molecule has 0 bridgehead atoms. The van der Waals surface area contributed by atoms with Crippen LogP contribution in [-0.2, 0) is 9.53 Å². The molecule has 1 aromatic heterocycles. The molecule has 1 amide bonds. The number of carbonyl (C=O) groups excluding carboxylic acids is 1. The summed E-state index contributed by atoms with van der Waals surface area (Å²) in [6.07, 6.45) is 0. The Hall–Kier alpha value is -2.03. The third kappa shape index (κ3) is 4.45. The van der Waals surface area contributed by atoms with Crippen molar-refractivity contribution in [3.63, 3.8) is 0 Å². The van der Waals surface area contributed by atoms with Crippen LogP contribution < -0.4 is 9.80 Å². The third-order valence-electron chi connectivity index (χ3n) is 5.14. The normalized spacial score (nSPS) is 18.7. The first-order valence-corrected chi connectivity index (χ1v) is 10.2. The number of anilines is 1. The third-order valence-corrected chi connectivity index (χ3v) is 6.04. The Kier molecular flexibility index (Phi) is 5.66. The number of benzene rings is 1. The van der Waals surface area contributed by atoms with Crippen molar-refractivity contribution < 1.29 is 18.8 Å². The number of thiazole rings is 1. The number of amides is 1. The van der Waals surface area contributed by atoms with Gasteiger partial charge in [0, 0.05) is 24.0 Å². The molecule has 0 saturated carbocycles. The molecule has 0 aliphatic carbocycles. The van der Waals surface area contributed by atoms with Crippen molar-refractivity contribution >= 4 is 22.4 Å². The highest BCUT2D eigenvalue weighted by molar-refractivity contribution is 7.14. The number of aromatic nitrogens is 1. The van der Waals surface area contributed by atoms with Crippen LogP contribution in [0.3, 0.4) is 0 Å². The van der Waals surface area contributed by atoms with Crippen LogP contribution in [0.25, 0.3) is 11.3 Å². The minimum Gasteiger partial charge on any atom is -0.378 e. The number of nitrogens with zero attached hydrogens (tertiary/aromatic N) is 3. The number of hydrogen-bond donors (Lipinski definition) is 1. The maximum atomic E-state index is 13.1. The van der Waals surface area contributed by atoms with Crippen LogP contribution in [0.5, 0.6) is 0 Å². The summed E-state index contributed by atoms with van der Waals surface area (Å²) in [5, 5.41) is 3.01. The lowest BCUT2D eigenvalue weighted by Gasteiger charge is -2.33. The maximum absolute atomic E-state index is 13.1. The van der Waals surface area contributed by atoms with Crippen LogP contribution >= 0.6 is 11.3 Å². The number of quaternary nitrogens is 1. The van der Waals surface area contributed by atoms with Gasteiger partial charge in [-0.25, -0.2) is 9.37 Å². The zero-order valence-electron chi connectivity index (χ0n) is 15.2. The summed E-state index contributed by atoms with van der Waals surface area (Å²) in [4.78, 5) is 22.6. The summed E-state index contributed by atoms with van der Waals surface area (Å²) < 4.78 is 18.4. The van der Waals surface area contributed by atoms with E-state index in [1.807, 2.05) is 10.3 Å². The molecule has 3 heterocycles. The van der Waals surface area contributed by atoms with E-state index in [2.05, 4.69) is 4.90 Å². The van der Waals surface area contributed by atoms with E-state index in [9.17, 15) is 9.18 Å². The van der Waals surface area contributed by atoms with Crippen LogP contribution in [0.1, 0.15) is 0 Å². The summed E-state index contributed by atoms with van der Waals surface area (Å²) in [6, 6.07) is 6.44. The number of morpholine rings is 1. The lowest BCUT2D eigenvalue weighted by molar-refractivity contribution is -0.892. The van der Waals surface area contributed by atoms with Crippen LogP contribution in [0, 0.1) is 5.82 Å². The standard InChI is InChI=1S/C19H23FN4O2S/c20-16-3-1-15(2-4-16)17-14-27-19(21-17)24-7-5-22(6-8-24)13-18(25)23-9-11-26-12-10-23/h1-4,14H,5-13H2/p+1. The van der Waals surface area contributed by atoms with E-state index in [0.29, 0.717) is 32.8 Å². The molecule has 0 radical (unpaired) electrons. The van der Waals surface area contributed by atoms with Gasteiger partial charge in [0.25, 0.3) is 5.91 Å². The first-order chi connectivity index (χ1) is 13.2. The molecular formula is C19H24FN4O2S+. The molecule has 1 aromatic carbocycles. The molecule has 1 N–H and O–H groups in total. The van der Waals surface area contributed by atoms with E-state index in [1.54, 1.807) is 23.5 Å². The molecular weight excluding hydrogens is 367 g/mol. The summed E-state index contributed by atoms with van der Waals surface area (Å²) >= 11 is 1.62. The van der Waals surface area contributed by atoms with E-state index in [1.165, 1.54) is 17.0 Å². The van der Waals surface area contributed by atoms with Crippen molar-refractivity contribution in [3.8, 4) is 11.3 Å². The fraction of sp³-hybridized carbons (Fsp3) is 0.474. The van der Waals surface area contributed by atoms with E-state index in [0.717, 1.165) is 42.6 Å². The molecule has 0 unspecified atom stereocenters. The average Bonchev–Trinajstić information content (AvgIpc) is 3.20. The highest BCUT2D eigenvalue weighted by Gasteiger charge is 2.26. The fourth-order valence-electron chi connectivity index (χ4n) is 3.49. The van der Waals surface area contributed by atoms with Gasteiger partial charge in [0.05, 0.1) is 45.1 Å². The number of rotatable bonds is 4. The van der Waals surface area contributed by atoms with Gasteiger partial charge in [-0.05, 0) is 24.3 Å². The molecule has 4 rings (SSSR count). The van der Waals surface area contributed by atoms with E-state index >= 15 is 0 Å². The van der Waals surface area contributed by atoms with Crippen molar-refractivity contribution in [1.82, 2.24) is 9.88 Å². The number of carbonyl (C=O) groups is 1. The smallest absolute Gasteiger partial charge is 0.277 e. The van der Waals surface area contributed by atoms with Crippen LogP contribution in [0.15, 0.2) is 29.6 Å². The van der Waals surface area contributed by atoms with Crippen LogP contribution in [0.4, 0.5) is 9.52 Å². The molecule has 0 spiro atoms. The molecule has 2 aromatic rings. The molecule has 6 nitrogen and oxygen atoms in total. The first kappa shape index (κ1) is 18.3. The number of ether oxygens (including phenoxy) is 1. The predicted octanol–water partition coefficient (Wildman–Crippen LogP) is 0.513. The highest BCUT2D eigenvalue weighted by atomic mass is 32.1. The molecule has 2 aliphatic heterocycles. The molecule has 144 valence electrons. The topological polar surface area (TPSA) is 50.1 Å². The second kappa shape index (κ2) is 8.33. The minimum atomic E-state index is -0.236. The SMILES string of the molecule is O=C(C[NH+]1CCN(c2nc(-c3ccc(F)cc3)cs2)CC1)N1CCOCC1. The van der Waals surface area contributed by atoms with Gasteiger partial charge in [-0.2, -0.15) is 0 Å². The Morgan fingerprint density at radius 2 is 1.85 bits per heavy atom. The first-order valence-electron chi connectivity index (χ1n) is 9.34. The van der Waals surface area contributed by atoms with Crippen molar-refractivity contribution in [1.29, 1.82) is 0 Å². The summed E-state index contributed by atoms with van der Waals surface area (Å²) in [6.45, 7) is 6.93. The predicted molar refractivity (Wildman–Crippen MR) is 103 cm³/mol. The number of halogens is 1. The van der Waals surface area contributed by atoms with Crippen molar-refractivity contribution in [2.45, 2.75) is 0 Å². The Bertz CT molecular complexity index is 768. The summed E-state index contributed by atoms with van der Waals surface area (Å²) in [7, 11) is 0. The van der Waals surface area contributed by atoms with E-state index in [4.69, 9.17) is 9.72 Å². The molecule has 8 heteroatoms. The quantitative estimate of drug-likeness (QED) is 0.825. The lowest BCUT2D eigenvalue weighted by Crippen LogP contribution is -3.16. The average molecular weight is 391 g/mol. The van der Waals surface area contributed by atoms with Crippen LogP contribution in [0.2, 0.25) is 0 Å². The molecule has 0 atom stereocenters. The maximum Gasteiger partial charge on any atom is 0.277 e. The van der Waals surface area contributed by atoms with Gasteiger partial charge >= 0.3 is 0 Å². The second-order valence-electron chi connectivity index (χ2n) is 6.93. The van der Waals surface area contributed by atoms with Crippen LogP contribution in [-0.4, -0.2) is 74.8 Å². The largest absolute Gasteiger partial charge is 0.378 e. The Balaban J connectivity index is 1.30. The molecule has 27 heavy (non-hydrogen) atoms. The second-order valence-corrected chi connectivity index (χ2v) is 7.77. The van der Waals surface area contributed by atoms with E-state index in [-0.39, 0.29) is 11.7 Å². The number of nitrogens with one attached hydrogen (secondary N) is 1. The Morgan fingerprint density at radius 3 is 2.56 bits per heavy atom. The Labute approximate surface area is 162 Å². The number of hydrogen-bond acceptors (Lipinski definition) is 5. The van der Waals surface area contributed by atoms with Crippen molar-refractivity contribution in [2.24, 2.45) is 0 Å².